The Balaban J connectivity index is 1.21. The normalized spacial score (nSPS) is 13.8. The molecule has 9 rings (SSSR count). The van der Waals surface area contributed by atoms with Crippen LogP contribution in [0.25, 0.3) is 20.0 Å². The van der Waals surface area contributed by atoms with Gasteiger partial charge < -0.3 is 0 Å². The number of benzene rings is 5. The molecule has 2 heterocycles. The van der Waals surface area contributed by atoms with Crippen LogP contribution < -0.4 is 23.9 Å². The monoisotopic (exact) mass is 1510 g/mol. The van der Waals surface area contributed by atoms with Gasteiger partial charge in [-0.05, 0) is 0 Å². The fourth-order valence-electron chi connectivity index (χ4n) is 13.4. The van der Waals surface area contributed by atoms with Crippen molar-refractivity contribution in [3.8, 4) is 43.0 Å². The van der Waals surface area contributed by atoms with E-state index in [1.54, 1.807) is 13.8 Å². The van der Waals surface area contributed by atoms with Gasteiger partial charge in [-0.2, -0.15) is 0 Å². The van der Waals surface area contributed by atoms with Crippen molar-refractivity contribution in [3.05, 3.63) is 166 Å². The topological polar surface area (TPSA) is 36.9 Å². The van der Waals surface area contributed by atoms with E-state index < -0.39 is 47.6 Å². The first-order chi connectivity index (χ1) is 41.8. The average Bonchev–Trinajstić information content (AvgIpc) is 1.51. The average molecular weight is 1500 g/mol. The van der Waals surface area contributed by atoms with Gasteiger partial charge in [-0.25, -0.2) is 0 Å². The summed E-state index contributed by atoms with van der Waals surface area (Å²) >= 11 is -4.83. The van der Waals surface area contributed by atoms with Crippen molar-refractivity contribution >= 4 is 70.7 Å². The quantitative estimate of drug-likeness (QED) is 0.0285. The Morgan fingerprint density at radius 2 is 0.523 bits per heavy atom. The van der Waals surface area contributed by atoms with Gasteiger partial charge in [0, 0.05) is 0 Å². The van der Waals surface area contributed by atoms with Gasteiger partial charge in [-0.1, -0.05) is 105 Å². The molecule has 0 radical (unpaired) electrons. The molecule has 4 nitrogen and oxygen atoms in total. The summed E-state index contributed by atoms with van der Waals surface area (Å²) in [5.74, 6) is 3.86. The van der Waals surface area contributed by atoms with E-state index in [9.17, 15) is 0 Å². The molecule has 0 bridgehead atoms. The molecule has 0 unspecified atom stereocenters. The van der Waals surface area contributed by atoms with Gasteiger partial charge in [0.1, 0.15) is 0 Å². The van der Waals surface area contributed by atoms with Gasteiger partial charge in [-0.3, -0.25) is 0 Å². The zero-order valence-corrected chi connectivity index (χ0v) is 63.9. The van der Waals surface area contributed by atoms with Gasteiger partial charge >= 0.3 is 442 Å². The summed E-state index contributed by atoms with van der Waals surface area (Å²) in [6.45, 7) is 12.2. The van der Waals surface area contributed by atoms with Crippen LogP contribution in [-0.4, -0.2) is 92.2 Å². The van der Waals surface area contributed by atoms with Crippen LogP contribution >= 0.6 is 0 Å². The van der Waals surface area contributed by atoms with Gasteiger partial charge in [-0.15, -0.1) is 0 Å². The predicted octanol–water partition coefficient (Wildman–Crippen LogP) is 20.6. The second-order valence-corrected chi connectivity index (χ2v) is 65.0. The van der Waals surface area contributed by atoms with Gasteiger partial charge in [0.05, 0.1) is 0 Å². The molecule has 7 aromatic rings. The number of rotatable bonds is 38. The van der Waals surface area contributed by atoms with Crippen LogP contribution in [0.15, 0.2) is 121 Å². The molecule has 0 saturated heterocycles. The zero-order chi connectivity index (χ0) is 60.6. The van der Waals surface area contributed by atoms with Gasteiger partial charge in [0.25, 0.3) is 0 Å². The fraction of sp³-hybridized carbons (Fsp3) is 0.513. The van der Waals surface area contributed by atoms with E-state index in [0.717, 1.165) is 75.1 Å². The standard InChI is InChI=1S/C72H88O4Se2.6CH3.2Sn/c1-5-9-13-17-21-25-47-73-59-37-29-55(30-38-59)71(56-31-39-60(40-32-56)74-48-26-22-18-14-10-6-2)65-45-51-77-69(65)63-54-68-64(53-67(63)71)70-66(46-52-78-70)72(68,57-33-41-61(42-34-57)75-49-27-23-19-15-11-7-3)58-35-43-62(44-36-58)76-50-28-24-20-16-12-8-4;;;;;;;;/h29-46,53-54H,5-28,47-50H2,1-4H3;6*1H3;;. The van der Waals surface area contributed by atoms with Crippen LogP contribution in [0.3, 0.4) is 0 Å². The molecule has 2 aliphatic rings. The first-order valence-electron chi connectivity index (χ1n) is 34.2. The Labute approximate surface area is 542 Å². The Hall–Kier alpha value is -3.10. The maximum atomic E-state index is 6.58. The molecule has 0 atom stereocenters. The van der Waals surface area contributed by atoms with Crippen LogP contribution in [0, 0.1) is 0 Å². The van der Waals surface area contributed by atoms with Crippen molar-refractivity contribution in [1.82, 2.24) is 0 Å². The summed E-state index contributed by atoms with van der Waals surface area (Å²) in [5, 5.41) is 0. The third kappa shape index (κ3) is 15.8. The molecular weight excluding hydrogens is 1400 g/mol. The Bertz CT molecular complexity index is 2840. The summed E-state index contributed by atoms with van der Waals surface area (Å²) < 4.78 is 33.0. The maximum absolute atomic E-state index is 6.58. The molecule has 0 N–H and O–H groups in total. The summed E-state index contributed by atoms with van der Waals surface area (Å²) in [4.78, 5) is 15.8. The van der Waals surface area contributed by atoms with Crippen LogP contribution in [-0.2, 0) is 10.8 Å². The molecule has 86 heavy (non-hydrogen) atoms. The molecule has 0 saturated carbocycles. The zero-order valence-electron chi connectivity index (χ0n) is 54.8. The minimum atomic E-state index is -2.62. The number of hydrogen-bond donors (Lipinski definition) is 0. The van der Waals surface area contributed by atoms with Gasteiger partial charge in [0.2, 0.25) is 0 Å². The van der Waals surface area contributed by atoms with E-state index in [1.807, 2.05) is 0 Å². The summed E-state index contributed by atoms with van der Waals surface area (Å²) in [6.07, 6.45) is 30.1. The Kier molecular flexibility index (Phi) is 25.2. The third-order valence-corrected chi connectivity index (χ3v) is 52.1. The minimum absolute atomic E-state index is 0.202. The molecule has 0 amide bonds. The van der Waals surface area contributed by atoms with Crippen molar-refractivity contribution in [2.75, 3.05) is 26.4 Å². The fourth-order valence-corrected chi connectivity index (χ4v) is 34.3. The first kappa shape index (κ1) is 67.3. The van der Waals surface area contributed by atoms with E-state index in [0.29, 0.717) is 0 Å². The first-order valence-corrected chi connectivity index (χ1v) is 57.6. The molecule has 2 aromatic heterocycles. The van der Waals surface area contributed by atoms with E-state index in [2.05, 4.69) is 179 Å². The SMILES string of the molecule is CCCCCCCCOc1ccc(C2(c3ccc(OCCCCCCCC)cc3)c3cc4c(cc3-c3[se][c]([Sn]([CH3])([CH3])[CH3])cc32)C(c2ccc(OCCCCCCCC)cc2)(c2ccc(OCCCCCCCC)cc2)c2c[c]([Sn]([CH3])([CH3])[CH3])[se]c2-4)cc1. The van der Waals surface area contributed by atoms with Crippen LogP contribution in [0.4, 0.5) is 0 Å². The van der Waals surface area contributed by atoms with Crippen molar-refractivity contribution in [2.45, 2.75) is 222 Å². The molecular formula is C78H106O4Se2Sn2. The van der Waals surface area contributed by atoms with E-state index in [1.165, 1.54) is 184 Å². The molecule has 462 valence electrons. The number of fused-ring (bicyclic) bond motifs is 6. The second kappa shape index (κ2) is 32.3. The predicted molar refractivity (Wildman–Crippen MR) is 376 cm³/mol. The molecule has 0 fully saturated rings. The van der Waals surface area contributed by atoms with E-state index in [-0.39, 0.29) is 29.0 Å². The van der Waals surface area contributed by atoms with Crippen molar-refractivity contribution in [2.24, 2.45) is 0 Å². The summed E-state index contributed by atoms with van der Waals surface area (Å²) in [6, 6.07) is 48.7. The van der Waals surface area contributed by atoms with Crippen molar-refractivity contribution in [3.63, 3.8) is 0 Å². The molecule has 5 aromatic carbocycles. The summed E-state index contributed by atoms with van der Waals surface area (Å²) in [7, 11) is 0. The van der Waals surface area contributed by atoms with Crippen molar-refractivity contribution in [1.29, 1.82) is 0 Å². The Morgan fingerprint density at radius 3 is 0.756 bits per heavy atom. The van der Waals surface area contributed by atoms with E-state index in [4.69, 9.17) is 18.9 Å². The van der Waals surface area contributed by atoms with Crippen molar-refractivity contribution < 1.29 is 18.9 Å². The Morgan fingerprint density at radius 1 is 0.291 bits per heavy atom. The third-order valence-electron chi connectivity index (χ3n) is 18.4. The van der Waals surface area contributed by atoms with Crippen LogP contribution in [0.5, 0.6) is 23.0 Å². The van der Waals surface area contributed by atoms with Gasteiger partial charge in [0.15, 0.2) is 0 Å². The second-order valence-electron chi connectivity index (χ2n) is 27.2. The molecule has 0 aliphatic heterocycles. The molecule has 8 heteroatoms. The van der Waals surface area contributed by atoms with Crippen LogP contribution in [0.2, 0.25) is 29.6 Å². The molecule has 2 aliphatic carbocycles. The number of unbranched alkanes of at least 4 members (excludes halogenated alkanes) is 20. The van der Waals surface area contributed by atoms with E-state index >= 15 is 0 Å². The number of hydrogen-bond acceptors (Lipinski definition) is 4. The number of ether oxygens (including phenoxy) is 4. The molecule has 0 spiro atoms. The summed E-state index contributed by atoms with van der Waals surface area (Å²) in [5.41, 5.74) is 13.0. The van der Waals surface area contributed by atoms with Crippen LogP contribution in [0.1, 0.15) is 226 Å².